The Labute approximate surface area is 153 Å². The third kappa shape index (κ3) is 3.64. The van der Waals surface area contributed by atoms with Crippen LogP contribution in [0, 0.1) is 6.92 Å². The fourth-order valence-corrected chi connectivity index (χ4v) is 2.81. The number of hydrogen-bond donors (Lipinski definition) is 0. The maximum atomic E-state index is 4.53. The van der Waals surface area contributed by atoms with E-state index in [0.717, 1.165) is 23.8 Å². The van der Waals surface area contributed by atoms with E-state index >= 15 is 0 Å². The normalized spacial score (nSPS) is 10.4. The Morgan fingerprint density at radius 1 is 0.920 bits per heavy atom. The van der Waals surface area contributed by atoms with Crippen molar-refractivity contribution in [1.29, 1.82) is 0 Å². The van der Waals surface area contributed by atoms with Crippen molar-refractivity contribution >= 4 is 12.4 Å². The molecule has 0 atom stereocenters. The fourth-order valence-electron chi connectivity index (χ4n) is 2.81. The first-order valence-electron chi connectivity index (χ1n) is 7.96. The Morgan fingerprint density at radius 2 is 1.72 bits per heavy atom. The first-order valence-corrected chi connectivity index (χ1v) is 7.96. The molecule has 0 aliphatic rings. The summed E-state index contributed by atoms with van der Waals surface area (Å²) in [6.07, 6.45) is 7.73. The summed E-state index contributed by atoms with van der Waals surface area (Å²) in [6.45, 7) is 2.73. The molecule has 0 aliphatic heterocycles. The zero-order chi connectivity index (χ0) is 16.4. The van der Waals surface area contributed by atoms with Gasteiger partial charge in [-0.2, -0.15) is 0 Å². The van der Waals surface area contributed by atoms with Crippen molar-refractivity contribution in [2.24, 2.45) is 0 Å². The molecule has 0 aliphatic carbocycles. The molecule has 0 fully saturated rings. The molecule has 4 nitrogen and oxygen atoms in total. The molecule has 4 rings (SSSR count). The van der Waals surface area contributed by atoms with Gasteiger partial charge in [0.25, 0.3) is 0 Å². The van der Waals surface area contributed by atoms with Crippen LogP contribution in [0.2, 0.25) is 0 Å². The van der Waals surface area contributed by atoms with Crippen molar-refractivity contribution in [3.63, 3.8) is 0 Å². The fraction of sp³-hybridized carbons (Fsp3) is 0.100. The molecule has 4 aromatic rings. The summed E-state index contributed by atoms with van der Waals surface area (Å²) in [7, 11) is 0. The molecule has 2 heterocycles. The van der Waals surface area contributed by atoms with Crippen LogP contribution in [-0.4, -0.2) is 19.1 Å². The third-order valence-corrected chi connectivity index (χ3v) is 4.14. The van der Waals surface area contributed by atoms with Crippen molar-refractivity contribution in [2.45, 2.75) is 13.5 Å². The number of aryl methyl sites for hydroxylation is 1. The predicted octanol–water partition coefficient (Wildman–Crippen LogP) is 4.51. The van der Waals surface area contributed by atoms with Gasteiger partial charge in [-0.3, -0.25) is 0 Å². The zero-order valence-corrected chi connectivity index (χ0v) is 14.7. The summed E-state index contributed by atoms with van der Waals surface area (Å²) in [5.41, 5.74) is 4.54. The minimum absolute atomic E-state index is 0. The zero-order valence-electron chi connectivity index (χ0n) is 13.9. The molecule has 2 aromatic carbocycles. The Morgan fingerprint density at radius 3 is 2.48 bits per heavy atom. The lowest BCUT2D eigenvalue weighted by Crippen LogP contribution is -2.00. The Hall–Kier alpha value is -2.85. The minimum Gasteiger partial charge on any atom is -0.329 e. The van der Waals surface area contributed by atoms with Crippen LogP contribution in [0.4, 0.5) is 0 Å². The number of aromatic nitrogens is 4. The molecule has 0 bridgehead atoms. The van der Waals surface area contributed by atoms with E-state index in [4.69, 9.17) is 0 Å². The summed E-state index contributed by atoms with van der Waals surface area (Å²) < 4.78 is 4.15. The van der Waals surface area contributed by atoms with Gasteiger partial charge in [-0.1, -0.05) is 42.5 Å². The van der Waals surface area contributed by atoms with Crippen LogP contribution in [0.25, 0.3) is 16.8 Å². The molecule has 25 heavy (non-hydrogen) atoms. The smallest absolute Gasteiger partial charge is 0.105 e. The van der Waals surface area contributed by atoms with E-state index in [-0.39, 0.29) is 12.4 Å². The van der Waals surface area contributed by atoms with Crippen LogP contribution in [0.3, 0.4) is 0 Å². The highest BCUT2D eigenvalue weighted by Crippen LogP contribution is 2.22. The van der Waals surface area contributed by atoms with E-state index in [1.54, 1.807) is 0 Å². The second kappa shape index (κ2) is 7.36. The molecular formula is C20H19ClN4. The second-order valence-corrected chi connectivity index (χ2v) is 5.79. The van der Waals surface area contributed by atoms with Gasteiger partial charge in [0.1, 0.15) is 5.82 Å². The highest BCUT2D eigenvalue weighted by Gasteiger charge is 2.05. The van der Waals surface area contributed by atoms with Gasteiger partial charge in [0.15, 0.2) is 0 Å². The quantitative estimate of drug-likeness (QED) is 0.542. The van der Waals surface area contributed by atoms with Crippen molar-refractivity contribution in [2.75, 3.05) is 0 Å². The van der Waals surface area contributed by atoms with Gasteiger partial charge in [-0.25, -0.2) is 9.97 Å². The monoisotopic (exact) mass is 350 g/mol. The van der Waals surface area contributed by atoms with Crippen LogP contribution in [0.15, 0.2) is 79.5 Å². The first kappa shape index (κ1) is 17.0. The lowest BCUT2D eigenvalue weighted by molar-refractivity contribution is 0.746. The Kier molecular flexibility index (Phi) is 5.00. The maximum Gasteiger partial charge on any atom is 0.105 e. The van der Waals surface area contributed by atoms with E-state index in [9.17, 15) is 0 Å². The number of imidazole rings is 2. The van der Waals surface area contributed by atoms with Crippen LogP contribution in [-0.2, 0) is 6.54 Å². The van der Waals surface area contributed by atoms with E-state index in [0.29, 0.717) is 0 Å². The summed E-state index contributed by atoms with van der Waals surface area (Å²) in [5.74, 6) is 0.996. The largest absolute Gasteiger partial charge is 0.329 e. The summed E-state index contributed by atoms with van der Waals surface area (Å²) >= 11 is 0. The van der Waals surface area contributed by atoms with Crippen LogP contribution >= 0.6 is 12.4 Å². The average molecular weight is 351 g/mol. The van der Waals surface area contributed by atoms with Crippen molar-refractivity contribution in [3.8, 4) is 16.8 Å². The van der Waals surface area contributed by atoms with Gasteiger partial charge in [-0.15, -0.1) is 12.4 Å². The lowest BCUT2D eigenvalue weighted by Gasteiger charge is -2.06. The van der Waals surface area contributed by atoms with Crippen molar-refractivity contribution in [1.82, 2.24) is 19.1 Å². The molecule has 0 radical (unpaired) electrons. The SMILES string of the molecule is Cc1nccn1Cc1cn(-c2cccc(-c3ccccc3)c2)cn1.Cl. The topological polar surface area (TPSA) is 35.6 Å². The van der Waals surface area contributed by atoms with Crippen LogP contribution in [0.5, 0.6) is 0 Å². The summed E-state index contributed by atoms with van der Waals surface area (Å²) in [6, 6.07) is 18.9. The number of rotatable bonds is 4. The molecule has 0 spiro atoms. The van der Waals surface area contributed by atoms with Gasteiger partial charge in [0, 0.05) is 24.3 Å². The first-order chi connectivity index (χ1) is 11.8. The molecule has 0 unspecified atom stereocenters. The van der Waals surface area contributed by atoms with E-state index in [1.807, 2.05) is 31.7 Å². The predicted molar refractivity (Wildman–Crippen MR) is 102 cm³/mol. The molecule has 0 amide bonds. The van der Waals surface area contributed by atoms with Gasteiger partial charge in [0.05, 0.1) is 18.6 Å². The summed E-state index contributed by atoms with van der Waals surface area (Å²) in [5, 5.41) is 0. The number of halogens is 1. The van der Waals surface area contributed by atoms with Gasteiger partial charge in [-0.05, 0) is 30.2 Å². The van der Waals surface area contributed by atoms with E-state index in [2.05, 4.69) is 73.8 Å². The summed E-state index contributed by atoms with van der Waals surface area (Å²) in [4.78, 5) is 8.78. The molecule has 2 aromatic heterocycles. The number of nitrogens with zero attached hydrogens (tertiary/aromatic N) is 4. The highest BCUT2D eigenvalue weighted by atomic mass is 35.5. The van der Waals surface area contributed by atoms with E-state index in [1.165, 1.54) is 11.1 Å². The second-order valence-electron chi connectivity index (χ2n) is 5.79. The molecular weight excluding hydrogens is 332 g/mol. The van der Waals surface area contributed by atoms with Gasteiger partial charge < -0.3 is 9.13 Å². The van der Waals surface area contributed by atoms with E-state index < -0.39 is 0 Å². The number of hydrogen-bond acceptors (Lipinski definition) is 2. The Bertz CT molecular complexity index is 957. The van der Waals surface area contributed by atoms with Crippen LogP contribution in [0.1, 0.15) is 11.5 Å². The molecule has 0 N–H and O–H groups in total. The van der Waals surface area contributed by atoms with Crippen LogP contribution < -0.4 is 0 Å². The highest BCUT2D eigenvalue weighted by molar-refractivity contribution is 5.85. The lowest BCUT2D eigenvalue weighted by atomic mass is 10.1. The minimum atomic E-state index is 0. The standard InChI is InChI=1S/C20H18N4.ClH/c1-16-21-10-11-23(16)13-19-14-24(15-22-19)20-9-5-8-18(12-20)17-6-3-2-4-7-17;/h2-12,14-15H,13H2,1H3;1H. The van der Waals surface area contributed by atoms with Gasteiger partial charge >= 0.3 is 0 Å². The van der Waals surface area contributed by atoms with Crippen molar-refractivity contribution < 1.29 is 0 Å². The average Bonchev–Trinajstić information content (AvgIpc) is 3.26. The molecule has 0 saturated carbocycles. The van der Waals surface area contributed by atoms with Gasteiger partial charge in [0.2, 0.25) is 0 Å². The molecule has 0 saturated heterocycles. The van der Waals surface area contributed by atoms with Crippen molar-refractivity contribution in [3.05, 3.63) is 91.0 Å². The Balaban J connectivity index is 0.00000182. The maximum absolute atomic E-state index is 4.53. The molecule has 5 heteroatoms. The molecule has 126 valence electrons. The third-order valence-electron chi connectivity index (χ3n) is 4.14. The number of benzene rings is 2.